The molecule has 0 rings (SSSR count). The highest BCUT2D eigenvalue weighted by Crippen LogP contribution is 2.06. The number of ketones is 1. The highest BCUT2D eigenvalue weighted by Gasteiger charge is 2.24. The van der Waals surface area contributed by atoms with Crippen LogP contribution >= 0.6 is 0 Å². The number of carboxylic acid groups (broad SMARTS) is 2. The quantitative estimate of drug-likeness (QED) is 0.620. The predicted molar refractivity (Wildman–Crippen MR) is 56.2 cm³/mol. The fourth-order valence-corrected chi connectivity index (χ4v) is 1.46. The molecule has 0 aromatic carbocycles. The predicted octanol–water partition coefficient (Wildman–Crippen LogP) is 0.215. The number of carbonyl (C=O) groups is 3. The van der Waals surface area contributed by atoms with Crippen molar-refractivity contribution < 1.29 is 24.6 Å². The van der Waals surface area contributed by atoms with Crippen LogP contribution in [0.4, 0.5) is 0 Å². The summed E-state index contributed by atoms with van der Waals surface area (Å²) in [4.78, 5) is 33.7. The molecular formula is C10H17NO5. The minimum Gasteiger partial charge on any atom is -0.481 e. The fraction of sp³-hybridized carbons (Fsp3) is 0.700. The lowest BCUT2D eigenvalue weighted by molar-refractivity contribution is -0.145. The molecule has 0 heterocycles. The molecule has 0 aliphatic heterocycles. The van der Waals surface area contributed by atoms with Gasteiger partial charge in [0, 0.05) is 6.54 Å². The molecule has 92 valence electrons. The second kappa shape index (κ2) is 6.95. The first kappa shape index (κ1) is 14.6. The summed E-state index contributed by atoms with van der Waals surface area (Å²) >= 11 is 0. The zero-order valence-electron chi connectivity index (χ0n) is 9.47. The van der Waals surface area contributed by atoms with Gasteiger partial charge in [0.05, 0.1) is 13.0 Å². The van der Waals surface area contributed by atoms with Crippen molar-refractivity contribution in [1.82, 2.24) is 4.90 Å². The van der Waals surface area contributed by atoms with E-state index < -0.39 is 18.0 Å². The van der Waals surface area contributed by atoms with E-state index in [4.69, 9.17) is 10.2 Å². The summed E-state index contributed by atoms with van der Waals surface area (Å²) in [5.41, 5.74) is 0. The molecule has 2 N–H and O–H groups in total. The zero-order chi connectivity index (χ0) is 12.7. The van der Waals surface area contributed by atoms with E-state index in [-0.39, 0.29) is 25.3 Å². The van der Waals surface area contributed by atoms with Crippen LogP contribution in [0, 0.1) is 0 Å². The van der Waals surface area contributed by atoms with Gasteiger partial charge in [-0.3, -0.25) is 19.3 Å². The van der Waals surface area contributed by atoms with Gasteiger partial charge in [0.25, 0.3) is 0 Å². The molecule has 0 fully saturated rings. The van der Waals surface area contributed by atoms with Crippen LogP contribution in [-0.4, -0.2) is 52.0 Å². The zero-order valence-corrected chi connectivity index (χ0v) is 9.47. The van der Waals surface area contributed by atoms with E-state index >= 15 is 0 Å². The Morgan fingerprint density at radius 3 is 2.12 bits per heavy atom. The molecule has 0 aliphatic rings. The molecule has 0 saturated heterocycles. The number of hydrogen-bond acceptors (Lipinski definition) is 4. The summed E-state index contributed by atoms with van der Waals surface area (Å²) in [5, 5.41) is 17.5. The number of nitrogens with zero attached hydrogens (tertiary/aromatic N) is 1. The minimum atomic E-state index is -1.03. The average molecular weight is 231 g/mol. The van der Waals surface area contributed by atoms with Crippen molar-refractivity contribution in [2.45, 2.75) is 32.7 Å². The van der Waals surface area contributed by atoms with Gasteiger partial charge in [0.1, 0.15) is 11.8 Å². The van der Waals surface area contributed by atoms with Crippen LogP contribution in [0.25, 0.3) is 0 Å². The monoisotopic (exact) mass is 231 g/mol. The summed E-state index contributed by atoms with van der Waals surface area (Å²) in [6.07, 6.45) is 0.166. The van der Waals surface area contributed by atoms with E-state index in [1.165, 1.54) is 11.8 Å². The highest BCUT2D eigenvalue weighted by atomic mass is 16.4. The molecule has 6 nitrogen and oxygen atoms in total. The van der Waals surface area contributed by atoms with Crippen molar-refractivity contribution in [3.05, 3.63) is 0 Å². The first-order valence-electron chi connectivity index (χ1n) is 5.06. The average Bonchev–Trinajstić information content (AvgIpc) is 2.13. The maximum Gasteiger partial charge on any atom is 0.320 e. The summed E-state index contributed by atoms with van der Waals surface area (Å²) in [6, 6.07) is -0.803. The van der Waals surface area contributed by atoms with Gasteiger partial charge < -0.3 is 10.2 Å². The smallest absolute Gasteiger partial charge is 0.320 e. The number of aliphatic carboxylic acids is 2. The van der Waals surface area contributed by atoms with Crippen molar-refractivity contribution in [3.63, 3.8) is 0 Å². The second-order valence-corrected chi connectivity index (χ2v) is 3.58. The molecule has 16 heavy (non-hydrogen) atoms. The maximum absolute atomic E-state index is 11.0. The van der Waals surface area contributed by atoms with Gasteiger partial charge in [-0.1, -0.05) is 6.92 Å². The Labute approximate surface area is 93.9 Å². The van der Waals surface area contributed by atoms with E-state index in [2.05, 4.69) is 0 Å². The standard InChI is InChI=1S/C10H17NO5/c1-3-8(10(15)16)11(6-7(2)12)5-4-9(13)14/h8H,3-6H2,1-2H3,(H,13,14)(H,15,16). The summed E-state index contributed by atoms with van der Waals surface area (Å²) in [6.45, 7) is 3.08. The van der Waals surface area contributed by atoms with Crippen LogP contribution < -0.4 is 0 Å². The van der Waals surface area contributed by atoms with Crippen molar-refractivity contribution in [1.29, 1.82) is 0 Å². The van der Waals surface area contributed by atoms with Gasteiger partial charge in [-0.25, -0.2) is 0 Å². The largest absolute Gasteiger partial charge is 0.481 e. The van der Waals surface area contributed by atoms with E-state index in [0.717, 1.165) is 0 Å². The lowest BCUT2D eigenvalue weighted by Crippen LogP contribution is -2.44. The molecule has 1 unspecified atom stereocenters. The van der Waals surface area contributed by atoms with Gasteiger partial charge in [-0.15, -0.1) is 0 Å². The second-order valence-electron chi connectivity index (χ2n) is 3.58. The molecule has 0 radical (unpaired) electrons. The third-order valence-electron chi connectivity index (χ3n) is 2.15. The lowest BCUT2D eigenvalue weighted by Gasteiger charge is -2.26. The number of carbonyl (C=O) groups excluding carboxylic acids is 1. The van der Waals surface area contributed by atoms with Gasteiger partial charge in [0.2, 0.25) is 0 Å². The van der Waals surface area contributed by atoms with Crippen LogP contribution in [0.2, 0.25) is 0 Å². The Morgan fingerprint density at radius 2 is 1.81 bits per heavy atom. The van der Waals surface area contributed by atoms with Crippen LogP contribution in [0.1, 0.15) is 26.7 Å². The Kier molecular flexibility index (Phi) is 6.32. The van der Waals surface area contributed by atoms with Crippen LogP contribution in [-0.2, 0) is 14.4 Å². The van der Waals surface area contributed by atoms with Crippen molar-refractivity contribution in [2.75, 3.05) is 13.1 Å². The number of rotatable bonds is 8. The van der Waals surface area contributed by atoms with E-state index in [0.29, 0.717) is 6.42 Å². The van der Waals surface area contributed by atoms with E-state index in [1.54, 1.807) is 6.92 Å². The van der Waals surface area contributed by atoms with E-state index in [9.17, 15) is 14.4 Å². The topological polar surface area (TPSA) is 94.9 Å². The molecular weight excluding hydrogens is 214 g/mol. The third-order valence-corrected chi connectivity index (χ3v) is 2.15. The Morgan fingerprint density at radius 1 is 1.25 bits per heavy atom. The fourth-order valence-electron chi connectivity index (χ4n) is 1.46. The lowest BCUT2D eigenvalue weighted by atomic mass is 10.1. The van der Waals surface area contributed by atoms with Crippen LogP contribution in [0.15, 0.2) is 0 Å². The third kappa shape index (κ3) is 5.45. The van der Waals surface area contributed by atoms with E-state index in [1.807, 2.05) is 0 Å². The summed E-state index contributed by atoms with van der Waals surface area (Å²) < 4.78 is 0. The van der Waals surface area contributed by atoms with Gasteiger partial charge in [0.15, 0.2) is 0 Å². The molecule has 1 atom stereocenters. The number of Topliss-reactive ketones (excluding diaryl/α,β-unsaturated/α-hetero) is 1. The van der Waals surface area contributed by atoms with Gasteiger partial charge >= 0.3 is 11.9 Å². The van der Waals surface area contributed by atoms with Crippen LogP contribution in [0.3, 0.4) is 0 Å². The molecule has 0 bridgehead atoms. The van der Waals surface area contributed by atoms with Crippen molar-refractivity contribution in [2.24, 2.45) is 0 Å². The van der Waals surface area contributed by atoms with Gasteiger partial charge in [-0.05, 0) is 13.3 Å². The molecule has 0 aliphatic carbocycles. The molecule has 0 aromatic rings. The SMILES string of the molecule is CCC(C(=O)O)N(CCC(=O)O)CC(C)=O. The Bertz CT molecular complexity index is 276. The number of carboxylic acids is 2. The molecule has 0 spiro atoms. The Balaban J connectivity index is 4.55. The summed E-state index contributed by atoms with van der Waals surface area (Å²) in [7, 11) is 0. The molecule has 0 amide bonds. The molecule has 0 saturated carbocycles. The maximum atomic E-state index is 11.0. The molecule has 0 aromatic heterocycles. The highest BCUT2D eigenvalue weighted by molar-refractivity contribution is 5.79. The van der Waals surface area contributed by atoms with Gasteiger partial charge in [-0.2, -0.15) is 0 Å². The van der Waals surface area contributed by atoms with Crippen molar-refractivity contribution in [3.8, 4) is 0 Å². The van der Waals surface area contributed by atoms with Crippen LogP contribution in [0.5, 0.6) is 0 Å². The molecule has 6 heteroatoms. The summed E-state index contributed by atoms with van der Waals surface area (Å²) in [5.74, 6) is -2.21. The first-order chi connectivity index (χ1) is 7.38. The normalized spacial score (nSPS) is 12.4. The van der Waals surface area contributed by atoms with Crippen molar-refractivity contribution >= 4 is 17.7 Å². The first-order valence-corrected chi connectivity index (χ1v) is 5.06. The number of hydrogen-bond donors (Lipinski definition) is 2. The minimum absolute atomic E-state index is 0.0297. The Hall–Kier alpha value is -1.43.